The van der Waals surface area contributed by atoms with Crippen LogP contribution in [0.3, 0.4) is 0 Å². The first-order valence-corrected chi connectivity index (χ1v) is 9.71. The Morgan fingerprint density at radius 2 is 1.74 bits per heavy atom. The van der Waals surface area contributed by atoms with Crippen LogP contribution in [0.2, 0.25) is 0 Å². The van der Waals surface area contributed by atoms with Crippen molar-refractivity contribution in [2.45, 2.75) is 6.92 Å². The molecule has 9 heteroatoms. The largest absolute Gasteiger partial charge is 0.339 e. The molecule has 0 radical (unpaired) electrons. The van der Waals surface area contributed by atoms with Gasteiger partial charge in [0.2, 0.25) is 18.2 Å². The smallest absolute Gasteiger partial charge is 0.277 e. The number of benzene rings is 2. The van der Waals surface area contributed by atoms with Gasteiger partial charge in [0.15, 0.2) is 0 Å². The van der Waals surface area contributed by atoms with Gasteiger partial charge in [0.1, 0.15) is 0 Å². The molecule has 1 N–H and O–H groups in total. The second-order valence-electron chi connectivity index (χ2n) is 7.01. The summed E-state index contributed by atoms with van der Waals surface area (Å²) in [5.41, 5.74) is 1.80. The molecule has 9 nitrogen and oxygen atoms in total. The van der Waals surface area contributed by atoms with Gasteiger partial charge in [-0.15, -0.1) is 0 Å². The van der Waals surface area contributed by atoms with E-state index in [9.17, 15) is 24.5 Å². The van der Waals surface area contributed by atoms with E-state index in [4.69, 9.17) is 0 Å². The summed E-state index contributed by atoms with van der Waals surface area (Å²) in [6, 6.07) is 11.4. The molecule has 0 saturated carbocycles. The molecule has 2 aromatic rings. The third-order valence-corrected chi connectivity index (χ3v) is 5.09. The Morgan fingerprint density at radius 3 is 2.39 bits per heavy atom. The minimum Gasteiger partial charge on any atom is -0.339 e. The number of nitrogens with zero attached hydrogens (tertiary/aromatic N) is 3. The first kappa shape index (κ1) is 21.7. The molecular formula is C22H22N4O5. The van der Waals surface area contributed by atoms with E-state index in [1.54, 1.807) is 52.3 Å². The van der Waals surface area contributed by atoms with Crippen LogP contribution in [0.1, 0.15) is 12.5 Å². The van der Waals surface area contributed by atoms with Gasteiger partial charge in [-0.1, -0.05) is 24.3 Å². The van der Waals surface area contributed by atoms with Crippen LogP contribution in [0.25, 0.3) is 17.2 Å². The zero-order valence-electron chi connectivity index (χ0n) is 17.0. The number of piperazine rings is 1. The lowest BCUT2D eigenvalue weighted by molar-refractivity contribution is -0.384. The van der Waals surface area contributed by atoms with Gasteiger partial charge in [-0.3, -0.25) is 24.5 Å². The summed E-state index contributed by atoms with van der Waals surface area (Å²) in [6.07, 6.45) is 3.48. The van der Waals surface area contributed by atoms with Crippen molar-refractivity contribution in [3.05, 3.63) is 64.2 Å². The maximum Gasteiger partial charge on any atom is 0.277 e. The van der Waals surface area contributed by atoms with Gasteiger partial charge in [0.05, 0.1) is 10.5 Å². The number of hydrogen-bond acceptors (Lipinski definition) is 5. The Balaban J connectivity index is 1.89. The second kappa shape index (κ2) is 9.66. The molecule has 0 bridgehead atoms. The van der Waals surface area contributed by atoms with E-state index in [0.717, 1.165) is 0 Å². The van der Waals surface area contributed by atoms with Crippen molar-refractivity contribution in [1.82, 2.24) is 9.80 Å². The van der Waals surface area contributed by atoms with Crippen molar-refractivity contribution in [3.8, 4) is 11.1 Å². The fourth-order valence-electron chi connectivity index (χ4n) is 3.50. The van der Waals surface area contributed by atoms with Gasteiger partial charge in [-0.2, -0.15) is 0 Å². The molecule has 0 aromatic heterocycles. The Kier molecular flexibility index (Phi) is 6.76. The molecule has 1 saturated heterocycles. The minimum atomic E-state index is -0.477. The van der Waals surface area contributed by atoms with Crippen LogP contribution in [0.15, 0.2) is 48.5 Å². The molecule has 31 heavy (non-hydrogen) atoms. The number of amides is 3. The highest BCUT2D eigenvalue weighted by atomic mass is 16.6. The molecule has 1 fully saturated rings. The van der Waals surface area contributed by atoms with E-state index in [1.165, 1.54) is 19.1 Å². The van der Waals surface area contributed by atoms with Crippen molar-refractivity contribution in [2.24, 2.45) is 0 Å². The zero-order chi connectivity index (χ0) is 22.4. The Labute approximate surface area is 179 Å². The summed E-state index contributed by atoms with van der Waals surface area (Å²) < 4.78 is 0. The van der Waals surface area contributed by atoms with E-state index >= 15 is 0 Å². The van der Waals surface area contributed by atoms with Crippen molar-refractivity contribution >= 4 is 35.7 Å². The highest BCUT2D eigenvalue weighted by Gasteiger charge is 2.22. The number of rotatable bonds is 6. The van der Waals surface area contributed by atoms with E-state index in [-0.39, 0.29) is 17.5 Å². The molecule has 1 aliphatic rings. The van der Waals surface area contributed by atoms with Crippen LogP contribution >= 0.6 is 0 Å². The summed E-state index contributed by atoms with van der Waals surface area (Å²) in [5, 5.41) is 14.2. The van der Waals surface area contributed by atoms with Crippen LogP contribution in [0.4, 0.5) is 11.4 Å². The standard InChI is InChI=1S/C22H22N4O5/c1-16(28)24-10-12-25(13-11-24)21(29)9-8-17-4-3-7-20(26(30)31)22(17)18-5-2-6-19(14-18)23-15-27/h2-9,14-15H,10-13H2,1H3,(H,23,27)/b9-8+. The predicted octanol–water partition coefficient (Wildman–Crippen LogP) is 2.53. The molecule has 3 amide bonds. The number of carbonyl (C=O) groups is 3. The highest BCUT2D eigenvalue weighted by Crippen LogP contribution is 2.35. The molecule has 0 spiro atoms. The molecule has 1 heterocycles. The van der Waals surface area contributed by atoms with E-state index in [1.807, 2.05) is 0 Å². The highest BCUT2D eigenvalue weighted by molar-refractivity contribution is 5.94. The van der Waals surface area contributed by atoms with Gasteiger partial charge < -0.3 is 15.1 Å². The van der Waals surface area contributed by atoms with E-state index in [0.29, 0.717) is 55.0 Å². The van der Waals surface area contributed by atoms with Crippen LogP contribution in [-0.2, 0) is 14.4 Å². The van der Waals surface area contributed by atoms with Gasteiger partial charge in [-0.25, -0.2) is 0 Å². The van der Waals surface area contributed by atoms with E-state index in [2.05, 4.69) is 5.32 Å². The Morgan fingerprint density at radius 1 is 1.06 bits per heavy atom. The fourth-order valence-corrected chi connectivity index (χ4v) is 3.50. The number of carbonyl (C=O) groups excluding carboxylic acids is 3. The summed E-state index contributed by atoms with van der Waals surface area (Å²) in [4.78, 5) is 49.3. The molecular weight excluding hydrogens is 400 g/mol. The monoisotopic (exact) mass is 422 g/mol. The van der Waals surface area contributed by atoms with Crippen LogP contribution < -0.4 is 5.32 Å². The minimum absolute atomic E-state index is 0.0184. The normalized spacial score (nSPS) is 13.8. The Hall–Kier alpha value is -4.01. The lowest BCUT2D eigenvalue weighted by Crippen LogP contribution is -2.49. The molecule has 2 aromatic carbocycles. The zero-order valence-corrected chi connectivity index (χ0v) is 17.0. The van der Waals surface area contributed by atoms with Crippen molar-refractivity contribution in [2.75, 3.05) is 31.5 Å². The maximum atomic E-state index is 12.6. The molecule has 0 atom stereocenters. The van der Waals surface area contributed by atoms with Gasteiger partial charge in [0.25, 0.3) is 5.69 Å². The lowest BCUT2D eigenvalue weighted by Gasteiger charge is -2.33. The summed E-state index contributed by atoms with van der Waals surface area (Å²) >= 11 is 0. The topological polar surface area (TPSA) is 113 Å². The molecule has 0 unspecified atom stereocenters. The van der Waals surface area contributed by atoms with Crippen molar-refractivity contribution in [1.29, 1.82) is 0 Å². The van der Waals surface area contributed by atoms with Gasteiger partial charge in [0, 0.05) is 50.9 Å². The maximum absolute atomic E-state index is 12.6. The van der Waals surface area contributed by atoms with Crippen LogP contribution in [0.5, 0.6) is 0 Å². The third-order valence-electron chi connectivity index (χ3n) is 5.09. The first-order valence-electron chi connectivity index (χ1n) is 9.71. The van der Waals surface area contributed by atoms with Crippen LogP contribution in [-0.4, -0.2) is 59.1 Å². The molecule has 1 aliphatic heterocycles. The number of anilines is 1. The molecule has 0 aliphatic carbocycles. The fraction of sp³-hybridized carbons (Fsp3) is 0.227. The number of nitrogens with one attached hydrogen (secondary N) is 1. The third kappa shape index (κ3) is 5.13. The lowest BCUT2D eigenvalue weighted by atomic mass is 9.97. The number of hydrogen-bond donors (Lipinski definition) is 1. The van der Waals surface area contributed by atoms with Crippen molar-refractivity contribution < 1.29 is 19.3 Å². The van der Waals surface area contributed by atoms with Gasteiger partial charge >= 0.3 is 0 Å². The summed E-state index contributed by atoms with van der Waals surface area (Å²) in [7, 11) is 0. The second-order valence-corrected chi connectivity index (χ2v) is 7.01. The molecule has 160 valence electrons. The summed E-state index contributed by atoms with van der Waals surface area (Å²) in [5.74, 6) is -0.243. The van der Waals surface area contributed by atoms with Crippen molar-refractivity contribution in [3.63, 3.8) is 0 Å². The number of nitro benzene ring substituents is 1. The molecule has 3 rings (SSSR count). The SMILES string of the molecule is CC(=O)N1CCN(C(=O)/C=C/c2cccc([N+](=O)[O-])c2-c2cccc(NC=O)c2)CC1. The average molecular weight is 422 g/mol. The average Bonchev–Trinajstić information content (AvgIpc) is 2.77. The summed E-state index contributed by atoms with van der Waals surface area (Å²) in [6.45, 7) is 3.33. The quantitative estimate of drug-likeness (QED) is 0.333. The first-order chi connectivity index (χ1) is 14.9. The predicted molar refractivity (Wildman–Crippen MR) is 116 cm³/mol. The van der Waals surface area contributed by atoms with Gasteiger partial charge in [-0.05, 0) is 29.3 Å². The van der Waals surface area contributed by atoms with Crippen LogP contribution in [0, 0.1) is 10.1 Å². The Bertz CT molecular complexity index is 1040. The number of nitro groups is 1. The van der Waals surface area contributed by atoms with E-state index < -0.39 is 4.92 Å².